The molecule has 0 aromatic carbocycles. The summed E-state index contributed by atoms with van der Waals surface area (Å²) in [6.07, 6.45) is 36.0. The number of hydrogen-bond donors (Lipinski definition) is 2. The average Bonchev–Trinajstić information content (AvgIpc) is 2.94. The Balaban J connectivity index is 1.92. The maximum absolute atomic E-state index is 11.9. The van der Waals surface area contributed by atoms with Crippen molar-refractivity contribution in [2.24, 2.45) is 0 Å². The molecule has 0 radical (unpaired) electrons. The molecule has 0 aliphatic carbocycles. The molecule has 0 spiro atoms. The molecule has 0 bridgehead atoms. The van der Waals surface area contributed by atoms with Crippen LogP contribution in [0.3, 0.4) is 0 Å². The van der Waals surface area contributed by atoms with Gasteiger partial charge in [0.15, 0.2) is 0 Å². The fraction of sp³-hybridized carbons (Fsp3) is 0.438. The van der Waals surface area contributed by atoms with Crippen LogP contribution in [0.5, 0.6) is 0 Å². The van der Waals surface area contributed by atoms with E-state index in [4.69, 9.17) is 4.74 Å². The highest BCUT2D eigenvalue weighted by Crippen LogP contribution is 1.98. The molecule has 2 N–H and O–H groups in total. The average molecular weight is 535 g/mol. The molecule has 7 heteroatoms. The summed E-state index contributed by atoms with van der Waals surface area (Å²) in [4.78, 5) is 31.9. The maximum atomic E-state index is 11.9. The standard InChI is InChI=1S/C32H46N4O3/c1-3-4-5-6-7-8-9-10-11-12-13-14-15-16-17-18-19-20-21-22-31(37)33-23-25-39-26-24-34-32(38)30-28-35-29(2)27-36-30/h4-5,7-8,10-11,13-14,16-17,19-20,27-28H,3,6,9,12,15,18,21-26H2,1-2H3,(H,33,37)(H,34,38). The Morgan fingerprint density at radius 3 is 1.74 bits per heavy atom. The lowest BCUT2D eigenvalue weighted by molar-refractivity contribution is -0.121. The van der Waals surface area contributed by atoms with Crippen molar-refractivity contribution in [3.8, 4) is 0 Å². The van der Waals surface area contributed by atoms with Gasteiger partial charge in [-0.15, -0.1) is 0 Å². The smallest absolute Gasteiger partial charge is 0.271 e. The van der Waals surface area contributed by atoms with Gasteiger partial charge in [0.2, 0.25) is 5.91 Å². The monoisotopic (exact) mass is 534 g/mol. The molecular weight excluding hydrogens is 488 g/mol. The van der Waals surface area contributed by atoms with Gasteiger partial charge in [-0.3, -0.25) is 14.6 Å². The van der Waals surface area contributed by atoms with Crippen molar-refractivity contribution in [1.29, 1.82) is 0 Å². The van der Waals surface area contributed by atoms with Crippen molar-refractivity contribution in [3.05, 3.63) is 96.7 Å². The van der Waals surface area contributed by atoms with Gasteiger partial charge in [-0.25, -0.2) is 4.98 Å². The van der Waals surface area contributed by atoms with Crippen LogP contribution in [0.1, 0.15) is 74.5 Å². The van der Waals surface area contributed by atoms with Gasteiger partial charge in [-0.1, -0.05) is 79.8 Å². The van der Waals surface area contributed by atoms with E-state index in [9.17, 15) is 9.59 Å². The molecule has 39 heavy (non-hydrogen) atoms. The van der Waals surface area contributed by atoms with Crippen LogP contribution in [0.4, 0.5) is 0 Å². The predicted molar refractivity (Wildman–Crippen MR) is 160 cm³/mol. The van der Waals surface area contributed by atoms with Gasteiger partial charge in [0.1, 0.15) is 5.69 Å². The summed E-state index contributed by atoms with van der Waals surface area (Å²) in [5.74, 6) is -0.279. The molecule has 0 unspecified atom stereocenters. The van der Waals surface area contributed by atoms with E-state index < -0.39 is 0 Å². The van der Waals surface area contributed by atoms with Gasteiger partial charge >= 0.3 is 0 Å². The van der Waals surface area contributed by atoms with Crippen molar-refractivity contribution < 1.29 is 14.3 Å². The largest absolute Gasteiger partial charge is 0.378 e. The molecule has 1 rings (SSSR count). The Bertz CT molecular complexity index is 960. The second kappa shape index (κ2) is 24.7. The molecular formula is C32H46N4O3. The number of aromatic nitrogens is 2. The molecule has 212 valence electrons. The van der Waals surface area contributed by atoms with E-state index in [1.807, 2.05) is 13.0 Å². The lowest BCUT2D eigenvalue weighted by atomic mass is 10.2. The van der Waals surface area contributed by atoms with Crippen LogP contribution in [0.25, 0.3) is 0 Å². The minimum atomic E-state index is -0.284. The topological polar surface area (TPSA) is 93.2 Å². The van der Waals surface area contributed by atoms with Crippen LogP contribution in [0.2, 0.25) is 0 Å². The fourth-order valence-electron chi connectivity index (χ4n) is 3.14. The predicted octanol–water partition coefficient (Wildman–Crippen LogP) is 6.13. The molecule has 0 aliphatic heterocycles. The molecule has 0 saturated carbocycles. The Kier molecular flexibility index (Phi) is 21.2. The summed E-state index contributed by atoms with van der Waals surface area (Å²) in [5.41, 5.74) is 1.04. The quantitative estimate of drug-likeness (QED) is 0.146. The summed E-state index contributed by atoms with van der Waals surface area (Å²) in [7, 11) is 0. The first kappa shape index (κ1) is 33.4. The van der Waals surface area contributed by atoms with Crippen molar-refractivity contribution in [1.82, 2.24) is 20.6 Å². The van der Waals surface area contributed by atoms with Crippen molar-refractivity contribution in [2.45, 2.75) is 65.2 Å². The molecule has 0 fully saturated rings. The maximum Gasteiger partial charge on any atom is 0.271 e. The van der Waals surface area contributed by atoms with Crippen molar-refractivity contribution in [3.63, 3.8) is 0 Å². The summed E-state index contributed by atoms with van der Waals surface area (Å²) < 4.78 is 5.43. The molecule has 1 aromatic heterocycles. The number of nitrogens with zero attached hydrogens (tertiary/aromatic N) is 2. The number of allylic oxidation sites excluding steroid dienone is 12. The van der Waals surface area contributed by atoms with Gasteiger partial charge in [-0.2, -0.15) is 0 Å². The summed E-state index contributed by atoms with van der Waals surface area (Å²) in [6.45, 7) is 5.53. The van der Waals surface area contributed by atoms with E-state index in [2.05, 4.69) is 94.4 Å². The third kappa shape index (κ3) is 21.1. The summed E-state index contributed by atoms with van der Waals surface area (Å²) in [5, 5.41) is 5.56. The lowest BCUT2D eigenvalue weighted by Crippen LogP contribution is -2.30. The number of rotatable bonds is 21. The zero-order chi connectivity index (χ0) is 28.2. The van der Waals surface area contributed by atoms with Gasteiger partial charge in [0, 0.05) is 25.7 Å². The second-order valence-corrected chi connectivity index (χ2v) is 8.72. The number of nitrogens with one attached hydrogen (secondary N) is 2. The lowest BCUT2D eigenvalue weighted by Gasteiger charge is -2.07. The summed E-state index contributed by atoms with van der Waals surface area (Å²) >= 11 is 0. The highest BCUT2D eigenvalue weighted by Gasteiger charge is 2.06. The Morgan fingerprint density at radius 2 is 1.23 bits per heavy atom. The van der Waals surface area contributed by atoms with E-state index in [1.165, 1.54) is 6.20 Å². The van der Waals surface area contributed by atoms with Gasteiger partial charge in [0.25, 0.3) is 5.91 Å². The fourth-order valence-corrected chi connectivity index (χ4v) is 3.14. The van der Waals surface area contributed by atoms with Crippen molar-refractivity contribution in [2.75, 3.05) is 26.3 Å². The first-order valence-corrected chi connectivity index (χ1v) is 13.9. The van der Waals surface area contributed by atoms with Crippen LogP contribution in [-0.4, -0.2) is 48.1 Å². The van der Waals surface area contributed by atoms with E-state index in [-0.39, 0.29) is 17.5 Å². The zero-order valence-corrected chi connectivity index (χ0v) is 23.7. The number of hydrogen-bond acceptors (Lipinski definition) is 5. The van der Waals surface area contributed by atoms with Crippen LogP contribution >= 0.6 is 0 Å². The molecule has 0 saturated heterocycles. The molecule has 1 heterocycles. The molecule has 0 aliphatic rings. The normalized spacial score (nSPS) is 12.3. The SMILES string of the molecule is CCC=CCC=CCC=CCC=CCC=CCC=CCCC(=O)NCCOCCNC(=O)c1cnc(C)cn1. The minimum absolute atomic E-state index is 0.00405. The van der Waals surface area contributed by atoms with Crippen LogP contribution in [0, 0.1) is 6.92 Å². The van der Waals surface area contributed by atoms with E-state index in [0.717, 1.165) is 44.2 Å². The van der Waals surface area contributed by atoms with E-state index in [0.29, 0.717) is 39.1 Å². The van der Waals surface area contributed by atoms with Gasteiger partial charge < -0.3 is 15.4 Å². The Morgan fingerprint density at radius 1 is 0.718 bits per heavy atom. The highest BCUT2D eigenvalue weighted by molar-refractivity contribution is 5.91. The second-order valence-electron chi connectivity index (χ2n) is 8.72. The molecule has 1 aromatic rings. The van der Waals surface area contributed by atoms with Crippen molar-refractivity contribution >= 4 is 11.8 Å². The van der Waals surface area contributed by atoms with Gasteiger partial charge in [0.05, 0.1) is 25.1 Å². The Labute approximate surface area is 234 Å². The number of carbonyl (C=O) groups excluding carboxylic acids is 2. The highest BCUT2D eigenvalue weighted by atomic mass is 16.5. The number of ether oxygens (including phenoxy) is 1. The van der Waals surface area contributed by atoms with Crippen LogP contribution in [-0.2, 0) is 9.53 Å². The zero-order valence-electron chi connectivity index (χ0n) is 23.7. The first-order valence-electron chi connectivity index (χ1n) is 13.9. The first-order chi connectivity index (χ1) is 19.1. The van der Waals surface area contributed by atoms with Crippen LogP contribution < -0.4 is 10.6 Å². The number of carbonyl (C=O) groups is 2. The third-order valence-electron chi connectivity index (χ3n) is 5.25. The number of amides is 2. The third-order valence-corrected chi connectivity index (χ3v) is 5.25. The number of aryl methyl sites for hydroxylation is 1. The van der Waals surface area contributed by atoms with Crippen LogP contribution in [0.15, 0.2) is 85.3 Å². The molecule has 2 amide bonds. The summed E-state index contributed by atoms with van der Waals surface area (Å²) in [6, 6.07) is 0. The minimum Gasteiger partial charge on any atom is -0.378 e. The van der Waals surface area contributed by atoms with Gasteiger partial charge in [-0.05, 0) is 51.9 Å². The molecule has 0 atom stereocenters. The van der Waals surface area contributed by atoms with E-state index in [1.54, 1.807) is 6.20 Å². The Hall–Kier alpha value is -3.58. The molecule has 7 nitrogen and oxygen atoms in total. The van der Waals surface area contributed by atoms with E-state index >= 15 is 0 Å².